The number of nitrogens with zero attached hydrogens (tertiary/aromatic N) is 1. The van der Waals surface area contributed by atoms with Crippen LogP contribution in [0.25, 0.3) is 0 Å². The largest absolute Gasteiger partial charge is 0.372 e. The molecular weight excluding hydrogens is 248 g/mol. The van der Waals surface area contributed by atoms with Crippen molar-refractivity contribution in [2.75, 3.05) is 23.3 Å². The Morgan fingerprint density at radius 1 is 1.15 bits per heavy atom. The van der Waals surface area contributed by atoms with E-state index in [1.807, 2.05) is 6.07 Å². The Hall–Kier alpha value is -1.51. The Morgan fingerprint density at radius 3 is 2.20 bits per heavy atom. The van der Waals surface area contributed by atoms with Gasteiger partial charge in [0.25, 0.3) is 0 Å². The van der Waals surface area contributed by atoms with Crippen molar-refractivity contribution in [3.05, 3.63) is 23.8 Å². The average Bonchev–Trinajstić information content (AvgIpc) is 2.44. The number of rotatable bonds is 7. The quantitative estimate of drug-likeness (QED) is 0.809. The summed E-state index contributed by atoms with van der Waals surface area (Å²) in [6, 6.07) is 6.25. The van der Waals surface area contributed by atoms with Crippen molar-refractivity contribution in [3.63, 3.8) is 0 Å². The highest BCUT2D eigenvalue weighted by atomic mass is 16.1. The van der Waals surface area contributed by atoms with Gasteiger partial charge in [-0.15, -0.1) is 0 Å². The minimum Gasteiger partial charge on any atom is -0.372 e. The second kappa shape index (κ2) is 7.93. The lowest BCUT2D eigenvalue weighted by atomic mass is 10.0. The monoisotopic (exact) mass is 276 g/mol. The third-order valence-corrected chi connectivity index (χ3v) is 3.95. The highest BCUT2D eigenvalue weighted by molar-refractivity contribution is 5.93. The van der Waals surface area contributed by atoms with Gasteiger partial charge in [-0.25, -0.2) is 0 Å². The molecule has 0 fully saturated rings. The number of benzene rings is 1. The van der Waals surface area contributed by atoms with Crippen molar-refractivity contribution in [1.29, 1.82) is 0 Å². The van der Waals surface area contributed by atoms with Crippen molar-refractivity contribution in [1.82, 2.24) is 0 Å². The maximum atomic E-state index is 12.1. The summed E-state index contributed by atoms with van der Waals surface area (Å²) >= 11 is 0. The molecule has 0 unspecified atom stereocenters. The maximum Gasteiger partial charge on any atom is 0.227 e. The fourth-order valence-electron chi connectivity index (χ4n) is 2.47. The molecule has 112 valence electrons. The fraction of sp³-hybridized carbons (Fsp3) is 0.588. The Balaban J connectivity index is 2.86. The van der Waals surface area contributed by atoms with Crippen molar-refractivity contribution in [3.8, 4) is 0 Å². The zero-order valence-corrected chi connectivity index (χ0v) is 13.5. The van der Waals surface area contributed by atoms with Gasteiger partial charge in [-0.2, -0.15) is 0 Å². The summed E-state index contributed by atoms with van der Waals surface area (Å²) < 4.78 is 0. The zero-order chi connectivity index (χ0) is 15.1. The van der Waals surface area contributed by atoms with Gasteiger partial charge in [0.1, 0.15) is 0 Å². The molecule has 1 N–H and O–H groups in total. The molecule has 1 aromatic rings. The second-order valence-electron chi connectivity index (χ2n) is 5.17. The molecular formula is C17H28N2O. The van der Waals surface area contributed by atoms with Crippen LogP contribution in [0.4, 0.5) is 11.4 Å². The summed E-state index contributed by atoms with van der Waals surface area (Å²) in [4.78, 5) is 14.4. The minimum atomic E-state index is 0.108. The van der Waals surface area contributed by atoms with Crippen LogP contribution in [-0.4, -0.2) is 19.0 Å². The molecule has 0 aromatic heterocycles. The van der Waals surface area contributed by atoms with Gasteiger partial charge in [-0.3, -0.25) is 4.79 Å². The van der Waals surface area contributed by atoms with Crippen LogP contribution >= 0.6 is 0 Å². The van der Waals surface area contributed by atoms with Crippen molar-refractivity contribution >= 4 is 17.3 Å². The first-order valence-electron chi connectivity index (χ1n) is 7.73. The Morgan fingerprint density at radius 2 is 1.75 bits per heavy atom. The van der Waals surface area contributed by atoms with E-state index in [-0.39, 0.29) is 11.8 Å². The van der Waals surface area contributed by atoms with Crippen LogP contribution in [-0.2, 0) is 4.79 Å². The molecule has 0 aliphatic rings. The molecule has 0 spiro atoms. The molecule has 0 radical (unpaired) electrons. The number of hydrogen-bond acceptors (Lipinski definition) is 2. The Labute approximate surface area is 123 Å². The lowest BCUT2D eigenvalue weighted by Crippen LogP contribution is -2.23. The van der Waals surface area contributed by atoms with Gasteiger partial charge in [0.15, 0.2) is 0 Å². The number of amides is 1. The third kappa shape index (κ3) is 3.99. The van der Waals surface area contributed by atoms with E-state index in [9.17, 15) is 4.79 Å². The molecule has 0 saturated carbocycles. The summed E-state index contributed by atoms with van der Waals surface area (Å²) in [7, 11) is 0. The lowest BCUT2D eigenvalue weighted by Gasteiger charge is -2.22. The van der Waals surface area contributed by atoms with Crippen LogP contribution in [0.1, 0.15) is 46.1 Å². The zero-order valence-electron chi connectivity index (χ0n) is 13.5. The molecule has 0 atom stereocenters. The Bertz CT molecular complexity index is 435. The lowest BCUT2D eigenvalue weighted by molar-refractivity contribution is -0.120. The van der Waals surface area contributed by atoms with E-state index >= 15 is 0 Å². The Kier molecular flexibility index (Phi) is 6.56. The molecule has 3 nitrogen and oxygen atoms in total. The molecule has 0 bridgehead atoms. The van der Waals surface area contributed by atoms with E-state index in [0.717, 1.165) is 37.2 Å². The van der Waals surface area contributed by atoms with Crippen LogP contribution in [0.3, 0.4) is 0 Å². The van der Waals surface area contributed by atoms with E-state index in [1.165, 1.54) is 5.69 Å². The number of hydrogen-bond donors (Lipinski definition) is 1. The maximum absolute atomic E-state index is 12.1. The van der Waals surface area contributed by atoms with Gasteiger partial charge in [0.2, 0.25) is 5.91 Å². The second-order valence-corrected chi connectivity index (χ2v) is 5.17. The number of nitrogens with one attached hydrogen (secondary N) is 1. The highest BCUT2D eigenvalue weighted by Crippen LogP contribution is 2.23. The van der Waals surface area contributed by atoms with Gasteiger partial charge in [0, 0.05) is 30.4 Å². The van der Waals surface area contributed by atoms with E-state index in [4.69, 9.17) is 0 Å². The molecule has 0 aliphatic carbocycles. The SMILES string of the molecule is CCC(CC)C(=O)Nc1ccc(N(CC)CC)cc1C. The van der Waals surface area contributed by atoms with E-state index in [1.54, 1.807) is 0 Å². The van der Waals surface area contributed by atoms with E-state index in [2.05, 4.69) is 57.0 Å². The topological polar surface area (TPSA) is 32.3 Å². The van der Waals surface area contributed by atoms with Crippen LogP contribution in [0.5, 0.6) is 0 Å². The van der Waals surface area contributed by atoms with Gasteiger partial charge < -0.3 is 10.2 Å². The molecule has 0 heterocycles. The summed E-state index contributed by atoms with van der Waals surface area (Å²) in [5, 5.41) is 3.06. The number of carbonyl (C=O) groups is 1. The highest BCUT2D eigenvalue weighted by Gasteiger charge is 2.15. The average molecular weight is 276 g/mol. The summed E-state index contributed by atoms with van der Waals surface area (Å²) in [5.74, 6) is 0.241. The van der Waals surface area contributed by atoms with Gasteiger partial charge in [-0.05, 0) is 57.4 Å². The van der Waals surface area contributed by atoms with Crippen molar-refractivity contribution < 1.29 is 4.79 Å². The van der Waals surface area contributed by atoms with Crippen LogP contribution < -0.4 is 10.2 Å². The van der Waals surface area contributed by atoms with E-state index < -0.39 is 0 Å². The third-order valence-electron chi connectivity index (χ3n) is 3.95. The predicted octanol–water partition coefficient (Wildman–Crippen LogP) is 4.22. The molecule has 1 aromatic carbocycles. The van der Waals surface area contributed by atoms with Crippen LogP contribution in [0.15, 0.2) is 18.2 Å². The van der Waals surface area contributed by atoms with Gasteiger partial charge in [-0.1, -0.05) is 13.8 Å². The molecule has 3 heteroatoms. The minimum absolute atomic E-state index is 0.108. The normalized spacial score (nSPS) is 10.7. The predicted molar refractivity (Wildman–Crippen MR) is 87.4 cm³/mol. The van der Waals surface area contributed by atoms with Crippen molar-refractivity contribution in [2.24, 2.45) is 5.92 Å². The van der Waals surface area contributed by atoms with E-state index in [0.29, 0.717) is 0 Å². The fourth-order valence-corrected chi connectivity index (χ4v) is 2.47. The van der Waals surface area contributed by atoms with Gasteiger partial charge >= 0.3 is 0 Å². The number of carbonyl (C=O) groups excluding carboxylic acids is 1. The van der Waals surface area contributed by atoms with Crippen LogP contribution in [0.2, 0.25) is 0 Å². The molecule has 20 heavy (non-hydrogen) atoms. The molecule has 0 aliphatic heterocycles. The first-order chi connectivity index (χ1) is 9.57. The first-order valence-corrected chi connectivity index (χ1v) is 7.73. The first kappa shape index (κ1) is 16.5. The molecule has 0 saturated heterocycles. The smallest absolute Gasteiger partial charge is 0.227 e. The van der Waals surface area contributed by atoms with Crippen LogP contribution in [0, 0.1) is 12.8 Å². The summed E-state index contributed by atoms with van der Waals surface area (Å²) in [5.41, 5.74) is 3.26. The van der Waals surface area contributed by atoms with Crippen molar-refractivity contribution in [2.45, 2.75) is 47.5 Å². The standard InChI is InChI=1S/C17H28N2O/c1-6-14(7-2)17(20)18-16-11-10-15(12-13(16)5)19(8-3)9-4/h10-12,14H,6-9H2,1-5H3,(H,18,20). The number of aryl methyl sites for hydroxylation is 1. The number of anilines is 2. The summed E-state index contributed by atoms with van der Waals surface area (Å²) in [6.45, 7) is 12.5. The molecule has 1 amide bonds. The molecule has 1 rings (SSSR count). The van der Waals surface area contributed by atoms with Gasteiger partial charge in [0.05, 0.1) is 0 Å². The summed E-state index contributed by atoms with van der Waals surface area (Å²) in [6.07, 6.45) is 1.78.